The van der Waals surface area contributed by atoms with Crippen LogP contribution in [0.1, 0.15) is 38.2 Å². The minimum atomic E-state index is -0.656. The molecule has 0 aromatic heterocycles. The molecule has 3 rings (SSSR count). The lowest BCUT2D eigenvalue weighted by Gasteiger charge is -2.26. The molecule has 0 radical (unpaired) electrons. The number of benzene rings is 1. The van der Waals surface area contributed by atoms with E-state index in [-0.39, 0.29) is 11.9 Å². The third-order valence-corrected chi connectivity index (χ3v) is 4.28. The van der Waals surface area contributed by atoms with E-state index in [0.29, 0.717) is 18.7 Å². The molecule has 0 amide bonds. The van der Waals surface area contributed by atoms with Crippen LogP contribution in [0, 0.1) is 17.7 Å². The van der Waals surface area contributed by atoms with E-state index in [9.17, 15) is 9.18 Å². The Hall–Kier alpha value is -2.32. The van der Waals surface area contributed by atoms with Gasteiger partial charge in [0, 0.05) is 17.7 Å². The number of hydroxylamine groups is 2. The number of ether oxygens (including phenoxy) is 1. The Morgan fingerprint density at radius 1 is 1.38 bits per heavy atom. The number of carbonyl (C=O) groups excluding carboxylic acids is 1. The Kier molecular flexibility index (Phi) is 5.17. The summed E-state index contributed by atoms with van der Waals surface area (Å²) in [5.41, 5.74) is 2.99. The van der Waals surface area contributed by atoms with E-state index < -0.39 is 6.16 Å². The SMILES string of the molecule is CCOC(=O)ON1CCC2=C(C#Cc3cccc(F)c3)CCCC21. The molecule has 1 aliphatic heterocycles. The van der Waals surface area contributed by atoms with Gasteiger partial charge in [-0.2, -0.15) is 0 Å². The third-order valence-electron chi connectivity index (χ3n) is 4.28. The molecule has 0 spiro atoms. The first-order valence-corrected chi connectivity index (χ1v) is 8.28. The van der Waals surface area contributed by atoms with Crippen LogP contribution in [0.5, 0.6) is 0 Å². The monoisotopic (exact) mass is 329 g/mol. The Bertz CT molecular complexity index is 717. The molecule has 2 aliphatic rings. The molecule has 1 aliphatic carbocycles. The maximum Gasteiger partial charge on any atom is 0.527 e. The van der Waals surface area contributed by atoms with Gasteiger partial charge in [0.2, 0.25) is 0 Å². The van der Waals surface area contributed by atoms with Crippen molar-refractivity contribution >= 4 is 6.16 Å². The minimum Gasteiger partial charge on any atom is -0.433 e. The number of allylic oxidation sites excluding steroid dienone is 1. The fourth-order valence-electron chi connectivity index (χ4n) is 3.24. The predicted molar refractivity (Wildman–Crippen MR) is 87.4 cm³/mol. The molecule has 1 unspecified atom stereocenters. The Balaban J connectivity index is 1.76. The van der Waals surface area contributed by atoms with Crippen molar-refractivity contribution in [3.8, 4) is 11.8 Å². The lowest BCUT2D eigenvalue weighted by atomic mass is 9.88. The molecule has 4 nitrogen and oxygen atoms in total. The van der Waals surface area contributed by atoms with Gasteiger partial charge in [0.25, 0.3) is 0 Å². The van der Waals surface area contributed by atoms with Crippen molar-refractivity contribution in [2.45, 2.75) is 38.6 Å². The van der Waals surface area contributed by atoms with Crippen LogP contribution in [0.2, 0.25) is 0 Å². The summed E-state index contributed by atoms with van der Waals surface area (Å²) in [7, 11) is 0. The van der Waals surface area contributed by atoms with Gasteiger partial charge in [-0.05, 0) is 56.4 Å². The lowest BCUT2D eigenvalue weighted by Crippen LogP contribution is -2.34. The number of halogens is 1. The normalized spacial score (nSPS) is 20.2. The van der Waals surface area contributed by atoms with Gasteiger partial charge in [-0.1, -0.05) is 17.9 Å². The van der Waals surface area contributed by atoms with Gasteiger partial charge in [-0.3, -0.25) is 0 Å². The Labute approximate surface area is 141 Å². The van der Waals surface area contributed by atoms with Crippen LogP contribution in [-0.4, -0.2) is 30.4 Å². The fourth-order valence-corrected chi connectivity index (χ4v) is 3.24. The number of hydrogen-bond donors (Lipinski definition) is 0. The van der Waals surface area contributed by atoms with E-state index in [1.807, 2.05) is 0 Å². The second-order valence-corrected chi connectivity index (χ2v) is 5.84. The number of carbonyl (C=O) groups is 1. The molecule has 0 N–H and O–H groups in total. The molecule has 1 saturated heterocycles. The van der Waals surface area contributed by atoms with Crippen molar-refractivity contribution in [1.29, 1.82) is 0 Å². The summed E-state index contributed by atoms with van der Waals surface area (Å²) in [6.45, 7) is 2.70. The number of nitrogens with zero attached hydrogens (tertiary/aromatic N) is 1. The molecular formula is C19H20FNO3. The molecule has 1 atom stereocenters. The van der Waals surface area contributed by atoms with Gasteiger partial charge in [0.05, 0.1) is 12.6 Å². The van der Waals surface area contributed by atoms with Crippen LogP contribution < -0.4 is 0 Å². The summed E-state index contributed by atoms with van der Waals surface area (Å²) in [4.78, 5) is 16.8. The van der Waals surface area contributed by atoms with Crippen LogP contribution in [0.15, 0.2) is 35.4 Å². The number of rotatable bonds is 2. The summed E-state index contributed by atoms with van der Waals surface area (Å²) in [5.74, 6) is 5.96. The van der Waals surface area contributed by atoms with Crippen LogP contribution in [0.3, 0.4) is 0 Å². The van der Waals surface area contributed by atoms with E-state index in [0.717, 1.165) is 31.3 Å². The number of hydrogen-bond acceptors (Lipinski definition) is 4. The van der Waals surface area contributed by atoms with Crippen molar-refractivity contribution < 1.29 is 18.8 Å². The lowest BCUT2D eigenvalue weighted by molar-refractivity contribution is -0.134. The number of fused-ring (bicyclic) bond motifs is 1. The largest absolute Gasteiger partial charge is 0.527 e. The molecule has 1 fully saturated rings. The fraction of sp³-hybridized carbons (Fsp3) is 0.421. The molecule has 1 aromatic rings. The van der Waals surface area contributed by atoms with Gasteiger partial charge in [-0.25, -0.2) is 9.18 Å². The van der Waals surface area contributed by atoms with Crippen LogP contribution in [0.4, 0.5) is 9.18 Å². The Morgan fingerprint density at radius 3 is 3.04 bits per heavy atom. The van der Waals surface area contributed by atoms with Crippen LogP contribution >= 0.6 is 0 Å². The molecular weight excluding hydrogens is 309 g/mol. The second kappa shape index (κ2) is 7.50. The Morgan fingerprint density at radius 2 is 2.25 bits per heavy atom. The average molecular weight is 329 g/mol. The molecule has 24 heavy (non-hydrogen) atoms. The average Bonchev–Trinajstić information content (AvgIpc) is 2.97. The molecule has 5 heteroatoms. The van der Waals surface area contributed by atoms with Gasteiger partial charge < -0.3 is 9.57 Å². The quantitative estimate of drug-likeness (QED) is 0.611. The van der Waals surface area contributed by atoms with E-state index in [2.05, 4.69) is 11.8 Å². The van der Waals surface area contributed by atoms with Crippen molar-refractivity contribution in [3.05, 3.63) is 46.8 Å². The first kappa shape index (κ1) is 16.5. The topological polar surface area (TPSA) is 38.8 Å². The van der Waals surface area contributed by atoms with E-state index >= 15 is 0 Å². The van der Waals surface area contributed by atoms with Crippen molar-refractivity contribution in [2.24, 2.45) is 0 Å². The highest BCUT2D eigenvalue weighted by atomic mass is 19.1. The maximum absolute atomic E-state index is 13.2. The van der Waals surface area contributed by atoms with Crippen molar-refractivity contribution in [1.82, 2.24) is 5.06 Å². The summed E-state index contributed by atoms with van der Waals surface area (Å²) >= 11 is 0. The van der Waals surface area contributed by atoms with E-state index in [1.54, 1.807) is 24.1 Å². The minimum absolute atomic E-state index is 0.0833. The van der Waals surface area contributed by atoms with Crippen molar-refractivity contribution in [3.63, 3.8) is 0 Å². The predicted octanol–water partition coefficient (Wildman–Crippen LogP) is 3.82. The van der Waals surface area contributed by atoms with Crippen LogP contribution in [0.25, 0.3) is 0 Å². The zero-order chi connectivity index (χ0) is 16.9. The molecule has 1 heterocycles. The third kappa shape index (κ3) is 3.77. The highest BCUT2D eigenvalue weighted by molar-refractivity contribution is 5.59. The summed E-state index contributed by atoms with van der Waals surface area (Å²) in [6, 6.07) is 6.38. The summed E-state index contributed by atoms with van der Waals surface area (Å²) < 4.78 is 18.1. The maximum atomic E-state index is 13.2. The summed E-state index contributed by atoms with van der Waals surface area (Å²) in [6.07, 6.45) is 3.03. The van der Waals surface area contributed by atoms with Crippen LogP contribution in [-0.2, 0) is 9.57 Å². The van der Waals surface area contributed by atoms with E-state index in [4.69, 9.17) is 9.57 Å². The summed E-state index contributed by atoms with van der Waals surface area (Å²) in [5, 5.41) is 1.70. The van der Waals surface area contributed by atoms with Crippen molar-refractivity contribution in [2.75, 3.05) is 13.2 Å². The highest BCUT2D eigenvalue weighted by Gasteiger charge is 2.36. The molecule has 0 bridgehead atoms. The van der Waals surface area contributed by atoms with E-state index in [1.165, 1.54) is 17.7 Å². The zero-order valence-electron chi connectivity index (χ0n) is 13.7. The first-order chi connectivity index (χ1) is 11.7. The molecule has 126 valence electrons. The van der Waals surface area contributed by atoms with Gasteiger partial charge >= 0.3 is 6.16 Å². The second-order valence-electron chi connectivity index (χ2n) is 5.84. The van der Waals surface area contributed by atoms with Gasteiger partial charge in [0.1, 0.15) is 5.82 Å². The van der Waals surface area contributed by atoms with Gasteiger partial charge in [0.15, 0.2) is 0 Å². The standard InChI is InChI=1S/C19H20FNO3/c1-2-23-19(22)24-21-12-11-17-15(6-4-8-18(17)21)10-9-14-5-3-7-16(20)13-14/h3,5,7,13,18H,2,4,6,8,11-12H2,1H3. The van der Waals surface area contributed by atoms with Gasteiger partial charge in [-0.15, -0.1) is 5.06 Å². The highest BCUT2D eigenvalue weighted by Crippen LogP contribution is 2.36. The zero-order valence-corrected chi connectivity index (χ0v) is 13.7. The molecule has 0 saturated carbocycles. The smallest absolute Gasteiger partial charge is 0.433 e. The molecule has 1 aromatic carbocycles. The first-order valence-electron chi connectivity index (χ1n) is 8.28.